The van der Waals surface area contributed by atoms with Gasteiger partial charge in [0.15, 0.2) is 0 Å². The first kappa shape index (κ1) is 16.4. The van der Waals surface area contributed by atoms with E-state index in [1.807, 2.05) is 19.4 Å². The number of hydrogen-bond donors (Lipinski definition) is 3. The molecule has 20 heavy (non-hydrogen) atoms. The molecule has 0 unspecified atom stereocenters. The SMILES string of the molecule is CSCC[C@@H](NC(=O)NCCc1ccnn1C)C(=O)O. The molecule has 1 heterocycles. The number of amides is 2. The molecule has 0 saturated heterocycles. The Kier molecular flexibility index (Phi) is 6.92. The van der Waals surface area contributed by atoms with Crippen LogP contribution in [0.15, 0.2) is 12.3 Å². The third kappa shape index (κ3) is 5.52. The van der Waals surface area contributed by atoms with Crippen LogP contribution in [0.3, 0.4) is 0 Å². The highest BCUT2D eigenvalue weighted by atomic mass is 32.2. The summed E-state index contributed by atoms with van der Waals surface area (Å²) >= 11 is 1.55. The molecule has 0 aromatic carbocycles. The number of nitrogens with zero attached hydrogens (tertiary/aromatic N) is 2. The van der Waals surface area contributed by atoms with Gasteiger partial charge >= 0.3 is 12.0 Å². The van der Waals surface area contributed by atoms with E-state index in [9.17, 15) is 9.59 Å². The zero-order valence-corrected chi connectivity index (χ0v) is 12.4. The molecule has 1 aromatic heterocycles. The van der Waals surface area contributed by atoms with Crippen molar-refractivity contribution >= 4 is 23.8 Å². The number of carboxylic acids is 1. The summed E-state index contributed by atoms with van der Waals surface area (Å²) in [5.74, 6) is -0.326. The van der Waals surface area contributed by atoms with Gasteiger partial charge in [-0.15, -0.1) is 0 Å². The summed E-state index contributed by atoms with van der Waals surface area (Å²) in [5, 5.41) is 18.1. The summed E-state index contributed by atoms with van der Waals surface area (Å²) in [6, 6.07) is 0.567. The Bertz CT molecular complexity index is 450. The molecule has 3 N–H and O–H groups in total. The molecule has 1 rings (SSSR count). The van der Waals surface area contributed by atoms with Crippen LogP contribution in [0.5, 0.6) is 0 Å². The van der Waals surface area contributed by atoms with Gasteiger partial charge in [-0.1, -0.05) is 0 Å². The molecule has 2 amide bonds. The van der Waals surface area contributed by atoms with Gasteiger partial charge in [0.1, 0.15) is 6.04 Å². The van der Waals surface area contributed by atoms with Crippen molar-refractivity contribution in [1.82, 2.24) is 20.4 Å². The first-order valence-electron chi connectivity index (χ1n) is 6.27. The lowest BCUT2D eigenvalue weighted by Gasteiger charge is -2.14. The van der Waals surface area contributed by atoms with Crippen LogP contribution in [0.2, 0.25) is 0 Å². The number of thioether (sulfide) groups is 1. The van der Waals surface area contributed by atoms with E-state index in [1.165, 1.54) is 0 Å². The van der Waals surface area contributed by atoms with Crippen LogP contribution in [-0.2, 0) is 18.3 Å². The van der Waals surface area contributed by atoms with Crippen LogP contribution in [-0.4, -0.2) is 51.5 Å². The maximum absolute atomic E-state index is 11.6. The minimum atomic E-state index is -1.01. The number of aryl methyl sites for hydroxylation is 1. The molecular formula is C12H20N4O3S. The Morgan fingerprint density at radius 1 is 1.55 bits per heavy atom. The molecule has 8 heteroatoms. The van der Waals surface area contributed by atoms with Crippen molar-refractivity contribution in [3.05, 3.63) is 18.0 Å². The summed E-state index contributed by atoms with van der Waals surface area (Å²) in [4.78, 5) is 22.6. The number of carbonyl (C=O) groups is 2. The number of urea groups is 1. The van der Waals surface area contributed by atoms with Crippen LogP contribution in [0.4, 0.5) is 4.79 Å². The van der Waals surface area contributed by atoms with Crippen molar-refractivity contribution in [3.8, 4) is 0 Å². The predicted octanol–water partition coefficient (Wildman–Crippen LogP) is 0.468. The van der Waals surface area contributed by atoms with Crippen LogP contribution in [0.25, 0.3) is 0 Å². The molecule has 1 aromatic rings. The van der Waals surface area contributed by atoms with E-state index >= 15 is 0 Å². The van der Waals surface area contributed by atoms with E-state index in [-0.39, 0.29) is 0 Å². The minimum Gasteiger partial charge on any atom is -0.480 e. The highest BCUT2D eigenvalue weighted by Gasteiger charge is 2.18. The van der Waals surface area contributed by atoms with Gasteiger partial charge < -0.3 is 15.7 Å². The van der Waals surface area contributed by atoms with Gasteiger partial charge in [0, 0.05) is 31.9 Å². The van der Waals surface area contributed by atoms with E-state index in [0.717, 1.165) is 5.69 Å². The fourth-order valence-corrected chi connectivity index (χ4v) is 2.12. The molecular weight excluding hydrogens is 280 g/mol. The zero-order valence-electron chi connectivity index (χ0n) is 11.6. The Morgan fingerprint density at radius 2 is 2.30 bits per heavy atom. The molecule has 112 valence electrons. The molecule has 7 nitrogen and oxygen atoms in total. The van der Waals surface area contributed by atoms with Crippen molar-refractivity contribution in [2.45, 2.75) is 18.9 Å². The third-order valence-electron chi connectivity index (χ3n) is 2.80. The van der Waals surface area contributed by atoms with Crippen molar-refractivity contribution in [2.75, 3.05) is 18.6 Å². The largest absolute Gasteiger partial charge is 0.480 e. The third-order valence-corrected chi connectivity index (χ3v) is 3.45. The monoisotopic (exact) mass is 300 g/mol. The second-order valence-electron chi connectivity index (χ2n) is 4.27. The van der Waals surface area contributed by atoms with Crippen LogP contribution in [0, 0.1) is 0 Å². The Hall–Kier alpha value is -1.70. The van der Waals surface area contributed by atoms with Crippen molar-refractivity contribution in [1.29, 1.82) is 0 Å². The topological polar surface area (TPSA) is 96.3 Å². The zero-order chi connectivity index (χ0) is 15.0. The average Bonchev–Trinajstić information content (AvgIpc) is 2.80. The van der Waals surface area contributed by atoms with Gasteiger partial charge in [0.05, 0.1) is 0 Å². The quantitative estimate of drug-likeness (QED) is 0.648. The Morgan fingerprint density at radius 3 is 2.85 bits per heavy atom. The normalized spacial score (nSPS) is 11.9. The van der Waals surface area contributed by atoms with E-state index in [4.69, 9.17) is 5.11 Å². The van der Waals surface area contributed by atoms with Crippen LogP contribution in [0.1, 0.15) is 12.1 Å². The predicted molar refractivity (Wildman–Crippen MR) is 77.9 cm³/mol. The number of aromatic nitrogens is 2. The molecule has 0 bridgehead atoms. The molecule has 1 atom stereocenters. The fraction of sp³-hybridized carbons (Fsp3) is 0.583. The number of aliphatic carboxylic acids is 1. The summed E-state index contributed by atoms with van der Waals surface area (Å²) in [5.41, 5.74) is 1.00. The average molecular weight is 300 g/mol. The summed E-state index contributed by atoms with van der Waals surface area (Å²) in [6.45, 7) is 0.431. The number of carbonyl (C=O) groups excluding carboxylic acids is 1. The molecule has 0 aliphatic heterocycles. The molecule has 0 aliphatic rings. The number of carboxylic acid groups (broad SMARTS) is 1. The molecule has 0 aliphatic carbocycles. The van der Waals surface area contributed by atoms with Gasteiger partial charge in [-0.05, 0) is 24.5 Å². The smallest absolute Gasteiger partial charge is 0.326 e. The lowest BCUT2D eigenvalue weighted by atomic mass is 10.2. The second kappa shape index (κ2) is 8.47. The lowest BCUT2D eigenvalue weighted by molar-refractivity contribution is -0.139. The maximum Gasteiger partial charge on any atom is 0.326 e. The maximum atomic E-state index is 11.6. The Balaban J connectivity index is 2.31. The fourth-order valence-electron chi connectivity index (χ4n) is 1.65. The Labute approximate surface area is 122 Å². The van der Waals surface area contributed by atoms with E-state index in [0.29, 0.717) is 25.1 Å². The first-order valence-corrected chi connectivity index (χ1v) is 7.67. The molecule has 0 fully saturated rings. The summed E-state index contributed by atoms with van der Waals surface area (Å²) in [7, 11) is 1.83. The highest BCUT2D eigenvalue weighted by molar-refractivity contribution is 7.98. The minimum absolute atomic E-state index is 0.408. The number of rotatable bonds is 8. The lowest BCUT2D eigenvalue weighted by Crippen LogP contribution is -2.46. The van der Waals surface area contributed by atoms with Gasteiger partial charge in [-0.2, -0.15) is 16.9 Å². The standard InChI is InChI=1S/C12H20N4O3S/c1-16-9(4-7-14-16)3-6-13-12(19)15-10(11(17)18)5-8-20-2/h4,7,10H,3,5-6,8H2,1-2H3,(H,17,18)(H2,13,15,19)/t10-/m1/s1. The summed E-state index contributed by atoms with van der Waals surface area (Å²) in [6.07, 6.45) is 4.64. The van der Waals surface area contributed by atoms with Crippen molar-refractivity contribution < 1.29 is 14.7 Å². The van der Waals surface area contributed by atoms with Crippen molar-refractivity contribution in [2.24, 2.45) is 7.05 Å². The van der Waals surface area contributed by atoms with Gasteiger partial charge in [0.2, 0.25) is 0 Å². The van der Waals surface area contributed by atoms with Crippen molar-refractivity contribution in [3.63, 3.8) is 0 Å². The molecule has 0 spiro atoms. The van der Waals surface area contributed by atoms with E-state index in [2.05, 4.69) is 15.7 Å². The highest BCUT2D eigenvalue weighted by Crippen LogP contribution is 2.01. The van der Waals surface area contributed by atoms with E-state index < -0.39 is 18.0 Å². The van der Waals surface area contributed by atoms with Gasteiger partial charge in [0.25, 0.3) is 0 Å². The van der Waals surface area contributed by atoms with Gasteiger partial charge in [-0.3, -0.25) is 4.68 Å². The van der Waals surface area contributed by atoms with Crippen LogP contribution >= 0.6 is 11.8 Å². The number of hydrogen-bond acceptors (Lipinski definition) is 4. The second-order valence-corrected chi connectivity index (χ2v) is 5.25. The van der Waals surface area contributed by atoms with Crippen LogP contribution < -0.4 is 10.6 Å². The van der Waals surface area contributed by atoms with Gasteiger partial charge in [-0.25, -0.2) is 9.59 Å². The molecule has 0 radical (unpaired) electrons. The summed E-state index contributed by atoms with van der Waals surface area (Å²) < 4.78 is 1.73. The van der Waals surface area contributed by atoms with E-state index in [1.54, 1.807) is 22.6 Å². The number of nitrogens with one attached hydrogen (secondary N) is 2. The molecule has 0 saturated carbocycles. The first-order chi connectivity index (χ1) is 9.54.